The van der Waals surface area contributed by atoms with Crippen LogP contribution in [0.25, 0.3) is 0 Å². The van der Waals surface area contributed by atoms with E-state index in [-0.39, 0.29) is 21.4 Å². The van der Waals surface area contributed by atoms with E-state index in [1.54, 1.807) is 32.9 Å². The van der Waals surface area contributed by atoms with Gasteiger partial charge in [-0.2, -0.15) is 4.31 Å². The van der Waals surface area contributed by atoms with E-state index in [0.717, 1.165) is 0 Å². The van der Waals surface area contributed by atoms with Crippen LogP contribution in [-0.4, -0.2) is 40.1 Å². The largest absolute Gasteiger partial charge is 0.346 e. The molecule has 1 atom stereocenters. The van der Waals surface area contributed by atoms with Crippen LogP contribution in [0.4, 0.5) is 0 Å². The molecule has 2 rings (SSSR count). The van der Waals surface area contributed by atoms with Gasteiger partial charge in [0.15, 0.2) is 0 Å². The van der Waals surface area contributed by atoms with Gasteiger partial charge in [-0.15, -0.1) is 0 Å². The van der Waals surface area contributed by atoms with Gasteiger partial charge >= 0.3 is 0 Å². The molecule has 0 heterocycles. The summed E-state index contributed by atoms with van der Waals surface area (Å²) < 4.78 is 49.2. The van der Waals surface area contributed by atoms with E-state index in [9.17, 15) is 21.6 Å². The third-order valence-electron chi connectivity index (χ3n) is 4.56. The van der Waals surface area contributed by atoms with Gasteiger partial charge in [-0.25, -0.2) is 22.0 Å². The van der Waals surface area contributed by atoms with Crippen molar-refractivity contribution in [3.8, 4) is 0 Å². The van der Waals surface area contributed by atoms with Gasteiger partial charge in [0.1, 0.15) is 0 Å². The van der Waals surface area contributed by atoms with E-state index >= 15 is 0 Å². The summed E-state index contributed by atoms with van der Waals surface area (Å²) >= 11 is 0. The molecule has 1 amide bonds. The lowest BCUT2D eigenvalue weighted by atomic mass is 10.1. The van der Waals surface area contributed by atoms with Crippen molar-refractivity contribution in [2.75, 3.05) is 7.05 Å². The van der Waals surface area contributed by atoms with Crippen LogP contribution in [0.15, 0.2) is 58.3 Å². The fourth-order valence-corrected chi connectivity index (χ4v) is 4.48. The highest BCUT2D eigenvalue weighted by Gasteiger charge is 2.24. The molecule has 3 N–H and O–H groups in total. The lowest BCUT2D eigenvalue weighted by molar-refractivity contribution is 0.0939. The normalized spacial score (nSPS) is 13.5. The van der Waals surface area contributed by atoms with Crippen molar-refractivity contribution in [3.05, 3.63) is 59.7 Å². The Labute approximate surface area is 171 Å². The predicted octanol–water partition coefficient (Wildman–Crippen LogP) is 1.85. The summed E-state index contributed by atoms with van der Waals surface area (Å²) in [6, 6.07) is 11.0. The topological polar surface area (TPSA) is 127 Å². The van der Waals surface area contributed by atoms with Gasteiger partial charge in [-0.1, -0.05) is 18.2 Å². The maximum Gasteiger partial charge on any atom is 0.251 e. The van der Waals surface area contributed by atoms with Gasteiger partial charge in [0.05, 0.1) is 15.8 Å². The maximum absolute atomic E-state index is 12.6. The van der Waals surface area contributed by atoms with Crippen LogP contribution in [0, 0.1) is 0 Å². The Morgan fingerprint density at radius 2 is 1.55 bits per heavy atom. The quantitative estimate of drug-likeness (QED) is 0.681. The van der Waals surface area contributed by atoms with Crippen molar-refractivity contribution < 1.29 is 21.6 Å². The number of hydrogen-bond acceptors (Lipinski definition) is 5. The molecule has 0 saturated carbocycles. The van der Waals surface area contributed by atoms with Crippen molar-refractivity contribution in [2.24, 2.45) is 5.14 Å². The van der Waals surface area contributed by atoms with Gasteiger partial charge in [0.2, 0.25) is 20.0 Å². The molecule has 8 nitrogen and oxygen atoms in total. The fourth-order valence-electron chi connectivity index (χ4n) is 2.55. The molecule has 10 heteroatoms. The Kier molecular flexibility index (Phi) is 6.84. The number of rotatable bonds is 7. The maximum atomic E-state index is 12.6. The summed E-state index contributed by atoms with van der Waals surface area (Å²) in [5.41, 5.74) is 0.880. The third kappa shape index (κ3) is 5.41. The molecule has 0 fully saturated rings. The van der Waals surface area contributed by atoms with Crippen molar-refractivity contribution in [2.45, 2.75) is 42.6 Å². The van der Waals surface area contributed by atoms with Gasteiger partial charge in [0, 0.05) is 18.7 Å². The van der Waals surface area contributed by atoms with Gasteiger partial charge < -0.3 is 5.32 Å². The molecule has 0 bridgehead atoms. The molecule has 0 aliphatic carbocycles. The third-order valence-corrected chi connectivity index (χ3v) is 7.52. The minimum absolute atomic E-state index is 0.0213. The zero-order chi connectivity index (χ0) is 22.0. The van der Waals surface area contributed by atoms with Crippen LogP contribution in [0.2, 0.25) is 0 Å². The molecule has 0 spiro atoms. The molecule has 0 radical (unpaired) electrons. The van der Waals surface area contributed by atoms with Crippen LogP contribution in [-0.2, 0) is 20.0 Å². The highest BCUT2D eigenvalue weighted by atomic mass is 32.2. The summed E-state index contributed by atoms with van der Waals surface area (Å²) in [5.74, 6) is -0.447. The van der Waals surface area contributed by atoms with E-state index in [4.69, 9.17) is 5.14 Å². The van der Waals surface area contributed by atoms with Gasteiger partial charge in [0.25, 0.3) is 5.91 Å². The van der Waals surface area contributed by atoms with Crippen LogP contribution >= 0.6 is 0 Å². The summed E-state index contributed by atoms with van der Waals surface area (Å²) in [5, 5.41) is 7.85. The Bertz CT molecular complexity index is 1090. The van der Waals surface area contributed by atoms with Crippen molar-refractivity contribution in [1.82, 2.24) is 9.62 Å². The van der Waals surface area contributed by atoms with Crippen molar-refractivity contribution in [3.63, 3.8) is 0 Å². The number of nitrogens with two attached hydrogens (primary N) is 1. The standard InChI is InChI=1S/C19H25N3O5S2/c1-13(2)22(4)29(26,27)18-7-5-6-16(12-18)19(23)21-14(3)15-8-10-17(11-9-15)28(20,24)25/h5-14H,1-4H3,(H,21,23)(H2,20,24,25)/t14-/m0/s1. The van der Waals surface area contributed by atoms with Crippen LogP contribution in [0.1, 0.15) is 42.7 Å². The Morgan fingerprint density at radius 1 is 0.966 bits per heavy atom. The minimum atomic E-state index is -3.79. The Hall–Kier alpha value is -2.27. The highest BCUT2D eigenvalue weighted by Crippen LogP contribution is 2.19. The van der Waals surface area contributed by atoms with E-state index in [1.807, 2.05) is 0 Å². The summed E-state index contributed by atoms with van der Waals surface area (Å²) in [6.07, 6.45) is 0. The first-order valence-electron chi connectivity index (χ1n) is 8.85. The molecule has 0 aromatic heterocycles. The average molecular weight is 440 g/mol. The second-order valence-corrected chi connectivity index (χ2v) is 10.5. The zero-order valence-corrected chi connectivity index (χ0v) is 18.3. The first kappa shape index (κ1) is 23.0. The van der Waals surface area contributed by atoms with Crippen LogP contribution in [0.5, 0.6) is 0 Å². The molecular formula is C19H25N3O5S2. The number of carbonyl (C=O) groups excluding carboxylic acids is 1. The lowest BCUT2D eigenvalue weighted by Crippen LogP contribution is -2.33. The first-order chi connectivity index (χ1) is 13.3. The number of nitrogens with zero attached hydrogens (tertiary/aromatic N) is 1. The van der Waals surface area contributed by atoms with E-state index in [2.05, 4.69) is 5.32 Å². The van der Waals surface area contributed by atoms with Crippen LogP contribution < -0.4 is 10.5 Å². The SMILES string of the molecule is CC(C)N(C)S(=O)(=O)c1cccc(C(=O)N[C@@H](C)c2ccc(S(N)(=O)=O)cc2)c1. The summed E-state index contributed by atoms with van der Waals surface area (Å²) in [4.78, 5) is 12.6. The number of carbonyl (C=O) groups is 1. The molecule has 0 aliphatic heterocycles. The highest BCUT2D eigenvalue weighted by molar-refractivity contribution is 7.89. The molecule has 2 aromatic carbocycles. The van der Waals surface area contributed by atoms with Crippen molar-refractivity contribution >= 4 is 26.0 Å². The molecule has 0 unspecified atom stereocenters. The van der Waals surface area contributed by atoms with Crippen molar-refractivity contribution in [1.29, 1.82) is 0 Å². The summed E-state index contributed by atoms with van der Waals surface area (Å²) in [7, 11) is -6.01. The summed E-state index contributed by atoms with van der Waals surface area (Å²) in [6.45, 7) is 5.25. The molecule has 2 aromatic rings. The predicted molar refractivity (Wildman–Crippen MR) is 110 cm³/mol. The average Bonchev–Trinajstić information content (AvgIpc) is 2.66. The van der Waals surface area contributed by atoms with Gasteiger partial charge in [-0.3, -0.25) is 4.79 Å². The molecule has 158 valence electrons. The van der Waals surface area contributed by atoms with E-state index in [1.165, 1.54) is 47.8 Å². The Morgan fingerprint density at radius 3 is 2.07 bits per heavy atom. The van der Waals surface area contributed by atoms with E-state index < -0.39 is 32.0 Å². The first-order valence-corrected chi connectivity index (χ1v) is 11.8. The number of nitrogens with one attached hydrogen (secondary N) is 1. The second-order valence-electron chi connectivity index (χ2n) is 6.95. The number of hydrogen-bond donors (Lipinski definition) is 2. The zero-order valence-electron chi connectivity index (χ0n) is 16.7. The van der Waals surface area contributed by atoms with Gasteiger partial charge in [-0.05, 0) is 56.7 Å². The molecular weight excluding hydrogens is 414 g/mol. The molecule has 29 heavy (non-hydrogen) atoms. The molecule has 0 aliphatic rings. The Balaban J connectivity index is 2.21. The lowest BCUT2D eigenvalue weighted by Gasteiger charge is -2.21. The number of benzene rings is 2. The number of amides is 1. The van der Waals surface area contributed by atoms with Crippen LogP contribution in [0.3, 0.4) is 0 Å². The van der Waals surface area contributed by atoms with E-state index in [0.29, 0.717) is 5.56 Å². The smallest absolute Gasteiger partial charge is 0.251 e. The fraction of sp³-hybridized carbons (Fsp3) is 0.316. The number of sulfonamides is 2. The number of primary sulfonamides is 1. The molecule has 0 saturated heterocycles. The second kappa shape index (κ2) is 8.62. The minimum Gasteiger partial charge on any atom is -0.346 e. The monoisotopic (exact) mass is 439 g/mol.